The molecule has 0 fully saturated rings. The minimum Gasteiger partial charge on any atom is -0.329 e. The van der Waals surface area contributed by atoms with Gasteiger partial charge in [0, 0.05) is 25.7 Å². The Morgan fingerprint density at radius 3 is 2.12 bits per heavy atom. The molecule has 0 spiro atoms. The number of nitrogens with two attached hydrogens (primary N) is 2. The van der Waals surface area contributed by atoms with Crippen LogP contribution in [0.3, 0.4) is 0 Å². The minimum atomic E-state index is 0.0431. The van der Waals surface area contributed by atoms with E-state index in [2.05, 4.69) is 39.1 Å². The monoisotopic (exact) mass is 235 g/mol. The molecule has 0 aliphatic carbocycles. The van der Waals surface area contributed by atoms with Crippen LogP contribution in [0.4, 0.5) is 0 Å². The maximum Gasteiger partial charge on any atom is 0.0290 e. The van der Waals surface area contributed by atoms with Crippen molar-refractivity contribution in [1.82, 2.24) is 5.32 Å². The fourth-order valence-electron chi connectivity index (χ4n) is 2.03. The Kier molecular flexibility index (Phi) is 5.12. The zero-order valence-electron chi connectivity index (χ0n) is 11.4. The largest absolute Gasteiger partial charge is 0.329 e. The van der Waals surface area contributed by atoms with Crippen LogP contribution in [-0.2, 0) is 6.54 Å². The fourth-order valence-corrected chi connectivity index (χ4v) is 2.03. The van der Waals surface area contributed by atoms with Crippen molar-refractivity contribution in [2.24, 2.45) is 11.5 Å². The third-order valence-electron chi connectivity index (χ3n) is 3.53. The van der Waals surface area contributed by atoms with Gasteiger partial charge >= 0.3 is 0 Å². The van der Waals surface area contributed by atoms with Gasteiger partial charge in [-0.3, -0.25) is 0 Å². The second kappa shape index (κ2) is 6.15. The number of rotatable bonds is 5. The van der Waals surface area contributed by atoms with Crippen LogP contribution in [0.25, 0.3) is 0 Å². The van der Waals surface area contributed by atoms with Crippen LogP contribution >= 0.6 is 0 Å². The van der Waals surface area contributed by atoms with Gasteiger partial charge in [0.05, 0.1) is 0 Å². The van der Waals surface area contributed by atoms with Gasteiger partial charge in [-0.05, 0) is 55.5 Å². The lowest BCUT2D eigenvalue weighted by atomic mass is 9.94. The van der Waals surface area contributed by atoms with E-state index in [0.717, 1.165) is 13.1 Å². The molecular formula is C14H25N3. The van der Waals surface area contributed by atoms with Crippen LogP contribution in [0, 0.1) is 27.7 Å². The van der Waals surface area contributed by atoms with E-state index >= 15 is 0 Å². The molecule has 0 radical (unpaired) electrons. The van der Waals surface area contributed by atoms with Crippen molar-refractivity contribution in [1.29, 1.82) is 0 Å². The van der Waals surface area contributed by atoms with Crippen LogP contribution in [0.2, 0.25) is 0 Å². The third kappa shape index (κ3) is 3.53. The summed E-state index contributed by atoms with van der Waals surface area (Å²) in [6, 6.07) is 2.29. The lowest BCUT2D eigenvalue weighted by Gasteiger charge is -2.17. The Morgan fingerprint density at radius 2 is 1.65 bits per heavy atom. The van der Waals surface area contributed by atoms with Gasteiger partial charge in [-0.15, -0.1) is 0 Å². The van der Waals surface area contributed by atoms with Gasteiger partial charge in [0.15, 0.2) is 0 Å². The Morgan fingerprint density at radius 1 is 1.12 bits per heavy atom. The maximum atomic E-state index is 5.79. The number of benzene rings is 1. The first-order chi connectivity index (χ1) is 7.97. The highest BCUT2D eigenvalue weighted by molar-refractivity contribution is 5.43. The Hall–Kier alpha value is -0.900. The third-order valence-corrected chi connectivity index (χ3v) is 3.53. The van der Waals surface area contributed by atoms with Gasteiger partial charge < -0.3 is 16.8 Å². The molecule has 17 heavy (non-hydrogen) atoms. The molecule has 0 saturated heterocycles. The van der Waals surface area contributed by atoms with Crippen LogP contribution in [0.15, 0.2) is 6.07 Å². The molecule has 1 atom stereocenters. The van der Waals surface area contributed by atoms with E-state index < -0.39 is 0 Å². The van der Waals surface area contributed by atoms with Gasteiger partial charge in [0.1, 0.15) is 0 Å². The van der Waals surface area contributed by atoms with Crippen molar-refractivity contribution in [3.8, 4) is 0 Å². The normalized spacial score (nSPS) is 12.8. The predicted molar refractivity (Wildman–Crippen MR) is 74.1 cm³/mol. The summed E-state index contributed by atoms with van der Waals surface area (Å²) in [5.41, 5.74) is 18.1. The van der Waals surface area contributed by atoms with Crippen molar-refractivity contribution >= 4 is 0 Å². The average molecular weight is 235 g/mol. The average Bonchev–Trinajstić information content (AvgIpc) is 2.30. The molecule has 0 saturated carbocycles. The number of hydrogen-bond donors (Lipinski definition) is 3. The van der Waals surface area contributed by atoms with Crippen molar-refractivity contribution in [2.45, 2.75) is 40.3 Å². The van der Waals surface area contributed by atoms with Crippen molar-refractivity contribution in [3.05, 3.63) is 33.9 Å². The SMILES string of the molecule is Cc1cc(C)c(C)c(CNCC(N)CN)c1C. The summed E-state index contributed by atoms with van der Waals surface area (Å²) >= 11 is 0. The molecule has 1 rings (SSSR count). The van der Waals surface area contributed by atoms with E-state index in [1.807, 2.05) is 0 Å². The smallest absolute Gasteiger partial charge is 0.0290 e. The van der Waals surface area contributed by atoms with Gasteiger partial charge in [-0.25, -0.2) is 0 Å². The molecule has 0 aliphatic heterocycles. The summed E-state index contributed by atoms with van der Waals surface area (Å²) < 4.78 is 0. The summed E-state index contributed by atoms with van der Waals surface area (Å²) in [7, 11) is 0. The second-order valence-corrected chi connectivity index (χ2v) is 4.87. The molecule has 0 aliphatic rings. The first-order valence-corrected chi connectivity index (χ1v) is 6.20. The van der Waals surface area contributed by atoms with Crippen molar-refractivity contribution in [3.63, 3.8) is 0 Å². The second-order valence-electron chi connectivity index (χ2n) is 4.87. The van der Waals surface area contributed by atoms with Gasteiger partial charge in [0.25, 0.3) is 0 Å². The Labute approximate surface area is 105 Å². The zero-order chi connectivity index (χ0) is 13.0. The molecular weight excluding hydrogens is 210 g/mol. The summed E-state index contributed by atoms with van der Waals surface area (Å²) in [5.74, 6) is 0. The molecule has 1 unspecified atom stereocenters. The van der Waals surface area contributed by atoms with E-state index in [9.17, 15) is 0 Å². The van der Waals surface area contributed by atoms with Crippen molar-refractivity contribution < 1.29 is 0 Å². The van der Waals surface area contributed by atoms with E-state index in [1.54, 1.807) is 0 Å². The summed E-state index contributed by atoms with van der Waals surface area (Å²) in [6.07, 6.45) is 0. The molecule has 5 N–H and O–H groups in total. The lowest BCUT2D eigenvalue weighted by molar-refractivity contribution is 0.580. The van der Waals surface area contributed by atoms with Gasteiger partial charge in [-0.1, -0.05) is 6.07 Å². The summed E-state index contributed by atoms with van der Waals surface area (Å²) in [4.78, 5) is 0. The molecule has 3 nitrogen and oxygen atoms in total. The first kappa shape index (κ1) is 14.2. The van der Waals surface area contributed by atoms with E-state index in [1.165, 1.54) is 27.8 Å². The predicted octanol–water partition coefficient (Wildman–Crippen LogP) is 1.30. The standard InChI is InChI=1S/C14H25N3/c1-9-5-10(2)12(4)14(11(9)3)8-17-7-13(16)6-15/h5,13,17H,6-8,15-16H2,1-4H3. The first-order valence-electron chi connectivity index (χ1n) is 6.20. The highest BCUT2D eigenvalue weighted by Crippen LogP contribution is 2.21. The Bertz CT molecular complexity index is 359. The summed E-state index contributed by atoms with van der Waals surface area (Å²) in [5, 5.41) is 3.38. The van der Waals surface area contributed by atoms with Gasteiger partial charge in [-0.2, -0.15) is 0 Å². The Balaban J connectivity index is 2.77. The molecule has 0 amide bonds. The van der Waals surface area contributed by atoms with Crippen molar-refractivity contribution in [2.75, 3.05) is 13.1 Å². The maximum absolute atomic E-state index is 5.79. The molecule has 0 heterocycles. The zero-order valence-corrected chi connectivity index (χ0v) is 11.4. The van der Waals surface area contributed by atoms with E-state index in [4.69, 9.17) is 11.5 Å². The fraction of sp³-hybridized carbons (Fsp3) is 0.571. The van der Waals surface area contributed by atoms with Gasteiger partial charge in [0.2, 0.25) is 0 Å². The number of hydrogen-bond acceptors (Lipinski definition) is 3. The van der Waals surface area contributed by atoms with Crippen LogP contribution in [0.1, 0.15) is 27.8 Å². The highest BCUT2D eigenvalue weighted by atomic mass is 14.9. The highest BCUT2D eigenvalue weighted by Gasteiger charge is 2.08. The van der Waals surface area contributed by atoms with Crippen LogP contribution < -0.4 is 16.8 Å². The molecule has 0 aromatic heterocycles. The van der Waals surface area contributed by atoms with E-state index in [-0.39, 0.29) is 6.04 Å². The lowest BCUT2D eigenvalue weighted by Crippen LogP contribution is -2.39. The molecule has 3 heteroatoms. The van der Waals surface area contributed by atoms with Crippen LogP contribution in [-0.4, -0.2) is 19.1 Å². The molecule has 0 bridgehead atoms. The molecule has 96 valence electrons. The number of nitrogens with one attached hydrogen (secondary N) is 1. The summed E-state index contributed by atoms with van der Waals surface area (Å²) in [6.45, 7) is 10.9. The molecule has 1 aromatic carbocycles. The van der Waals surface area contributed by atoms with E-state index in [0.29, 0.717) is 6.54 Å². The molecule has 1 aromatic rings. The number of aryl methyl sites for hydroxylation is 2. The topological polar surface area (TPSA) is 64.1 Å². The minimum absolute atomic E-state index is 0.0431. The van der Waals surface area contributed by atoms with Crippen LogP contribution in [0.5, 0.6) is 0 Å². The quantitative estimate of drug-likeness (QED) is 0.720.